The molecule has 2 heterocycles. The average Bonchev–Trinajstić information content (AvgIpc) is 3.17. The minimum atomic E-state index is -0.206. The number of tetrazole rings is 1. The number of aromatic nitrogens is 4. The SMILES string of the molecule is O=C(c1nnn(-c2cccc3ccccc23)n1)N1CCC(CO)CC1. The molecule has 0 aliphatic carbocycles. The second-order valence-electron chi connectivity index (χ2n) is 6.32. The Labute approximate surface area is 144 Å². The van der Waals surface area contributed by atoms with E-state index in [-0.39, 0.29) is 24.3 Å². The normalized spacial score (nSPS) is 15.6. The number of carbonyl (C=O) groups excluding carboxylic acids is 1. The van der Waals surface area contributed by atoms with Gasteiger partial charge in [-0.2, -0.15) is 0 Å². The van der Waals surface area contributed by atoms with Gasteiger partial charge in [0.25, 0.3) is 11.7 Å². The van der Waals surface area contributed by atoms with Crippen molar-refractivity contribution in [2.75, 3.05) is 19.7 Å². The molecule has 7 nitrogen and oxygen atoms in total. The molecule has 0 saturated carbocycles. The summed E-state index contributed by atoms with van der Waals surface area (Å²) in [6.07, 6.45) is 1.61. The van der Waals surface area contributed by atoms with Crippen LogP contribution in [0.4, 0.5) is 0 Å². The standard InChI is InChI=1S/C18H19N5O2/c24-12-13-8-10-22(11-9-13)18(25)17-19-21-23(20-17)16-7-3-5-14-4-1-2-6-15(14)16/h1-7,13,24H,8-12H2. The van der Waals surface area contributed by atoms with E-state index in [1.807, 2.05) is 42.5 Å². The van der Waals surface area contributed by atoms with Gasteiger partial charge in [-0.25, -0.2) is 0 Å². The number of nitrogens with zero attached hydrogens (tertiary/aromatic N) is 5. The van der Waals surface area contributed by atoms with Crippen molar-refractivity contribution in [2.24, 2.45) is 5.92 Å². The third-order valence-corrected chi connectivity index (χ3v) is 4.75. The quantitative estimate of drug-likeness (QED) is 0.786. The van der Waals surface area contributed by atoms with Crippen LogP contribution >= 0.6 is 0 Å². The molecule has 1 amide bonds. The molecule has 128 valence electrons. The van der Waals surface area contributed by atoms with Gasteiger partial charge < -0.3 is 10.0 Å². The molecule has 0 atom stereocenters. The van der Waals surface area contributed by atoms with E-state index >= 15 is 0 Å². The molecular formula is C18H19N5O2. The number of hydrogen-bond donors (Lipinski definition) is 1. The Bertz CT molecular complexity index is 894. The van der Waals surface area contributed by atoms with Crippen LogP contribution in [0.5, 0.6) is 0 Å². The number of aliphatic hydroxyl groups excluding tert-OH is 1. The predicted molar refractivity (Wildman–Crippen MR) is 92.4 cm³/mol. The second-order valence-corrected chi connectivity index (χ2v) is 6.32. The van der Waals surface area contributed by atoms with Crippen molar-refractivity contribution in [1.29, 1.82) is 0 Å². The highest BCUT2D eigenvalue weighted by Crippen LogP contribution is 2.21. The predicted octanol–water partition coefficient (Wildman–Crippen LogP) is 1.66. The Hall–Kier alpha value is -2.80. The van der Waals surface area contributed by atoms with Gasteiger partial charge in [-0.3, -0.25) is 4.79 Å². The molecule has 0 bridgehead atoms. The summed E-state index contributed by atoms with van der Waals surface area (Å²) in [4.78, 5) is 15.7. The van der Waals surface area contributed by atoms with Crippen molar-refractivity contribution in [3.63, 3.8) is 0 Å². The van der Waals surface area contributed by atoms with Crippen LogP contribution in [0.15, 0.2) is 42.5 Å². The molecule has 7 heteroatoms. The summed E-state index contributed by atoms with van der Waals surface area (Å²) < 4.78 is 0. The first-order valence-corrected chi connectivity index (χ1v) is 8.44. The fourth-order valence-electron chi connectivity index (χ4n) is 3.24. The maximum absolute atomic E-state index is 12.6. The van der Waals surface area contributed by atoms with Gasteiger partial charge in [0.05, 0.1) is 5.69 Å². The van der Waals surface area contributed by atoms with Crippen molar-refractivity contribution in [3.05, 3.63) is 48.3 Å². The first kappa shape index (κ1) is 15.7. The van der Waals surface area contributed by atoms with Crippen LogP contribution in [-0.2, 0) is 0 Å². The topological polar surface area (TPSA) is 84.1 Å². The van der Waals surface area contributed by atoms with E-state index in [0.717, 1.165) is 29.3 Å². The molecular weight excluding hydrogens is 318 g/mol. The van der Waals surface area contributed by atoms with Crippen LogP contribution in [0.25, 0.3) is 16.5 Å². The number of amides is 1. The van der Waals surface area contributed by atoms with Crippen LogP contribution in [-0.4, -0.2) is 55.8 Å². The largest absolute Gasteiger partial charge is 0.396 e. The van der Waals surface area contributed by atoms with E-state index in [1.54, 1.807) is 4.90 Å². The number of fused-ring (bicyclic) bond motifs is 1. The summed E-state index contributed by atoms with van der Waals surface area (Å²) in [5.74, 6) is 0.182. The zero-order chi connectivity index (χ0) is 17.2. The Balaban J connectivity index is 1.59. The number of carbonyl (C=O) groups is 1. The molecule has 1 aliphatic rings. The minimum Gasteiger partial charge on any atom is -0.396 e. The third kappa shape index (κ3) is 2.98. The lowest BCUT2D eigenvalue weighted by Gasteiger charge is -2.30. The highest BCUT2D eigenvalue weighted by Gasteiger charge is 2.26. The monoisotopic (exact) mass is 337 g/mol. The number of benzene rings is 2. The van der Waals surface area contributed by atoms with Crippen LogP contribution in [0.2, 0.25) is 0 Å². The molecule has 25 heavy (non-hydrogen) atoms. The summed E-state index contributed by atoms with van der Waals surface area (Å²) in [6.45, 7) is 1.41. The van der Waals surface area contributed by atoms with E-state index in [9.17, 15) is 9.90 Å². The molecule has 0 radical (unpaired) electrons. The lowest BCUT2D eigenvalue weighted by molar-refractivity contribution is 0.0638. The summed E-state index contributed by atoms with van der Waals surface area (Å²) in [6, 6.07) is 13.8. The first-order valence-electron chi connectivity index (χ1n) is 8.44. The molecule has 1 fully saturated rings. The lowest BCUT2D eigenvalue weighted by atomic mass is 9.98. The number of hydrogen-bond acceptors (Lipinski definition) is 5. The van der Waals surface area contributed by atoms with Gasteiger partial charge in [0.15, 0.2) is 0 Å². The highest BCUT2D eigenvalue weighted by molar-refractivity contribution is 5.91. The van der Waals surface area contributed by atoms with Crippen LogP contribution in [0.3, 0.4) is 0 Å². The molecule has 1 aliphatic heterocycles. The summed E-state index contributed by atoms with van der Waals surface area (Å²) in [5, 5.41) is 23.6. The zero-order valence-electron chi connectivity index (χ0n) is 13.7. The van der Waals surface area contributed by atoms with Crippen molar-refractivity contribution in [3.8, 4) is 5.69 Å². The Morgan fingerprint density at radius 3 is 2.68 bits per heavy atom. The molecule has 2 aromatic carbocycles. The molecule has 4 rings (SSSR count). The van der Waals surface area contributed by atoms with Crippen molar-refractivity contribution < 1.29 is 9.90 Å². The van der Waals surface area contributed by atoms with Gasteiger partial charge in [-0.05, 0) is 35.4 Å². The number of piperidine rings is 1. The van der Waals surface area contributed by atoms with Gasteiger partial charge >= 0.3 is 0 Å². The number of likely N-dealkylation sites (tertiary alicyclic amines) is 1. The van der Waals surface area contributed by atoms with Gasteiger partial charge in [-0.15, -0.1) is 15.0 Å². The first-order chi connectivity index (χ1) is 12.3. The summed E-state index contributed by atoms with van der Waals surface area (Å²) >= 11 is 0. The second kappa shape index (κ2) is 6.60. The molecule has 1 saturated heterocycles. The van der Waals surface area contributed by atoms with Crippen molar-refractivity contribution in [2.45, 2.75) is 12.8 Å². The third-order valence-electron chi connectivity index (χ3n) is 4.75. The smallest absolute Gasteiger partial charge is 0.295 e. The van der Waals surface area contributed by atoms with Crippen LogP contribution in [0, 0.1) is 5.92 Å². The molecule has 1 N–H and O–H groups in total. The summed E-state index contributed by atoms with van der Waals surface area (Å²) in [5.41, 5.74) is 0.795. The van der Waals surface area contributed by atoms with Gasteiger partial charge in [0.2, 0.25) is 0 Å². The summed E-state index contributed by atoms with van der Waals surface area (Å²) in [7, 11) is 0. The van der Waals surface area contributed by atoms with Crippen molar-refractivity contribution in [1.82, 2.24) is 25.1 Å². The Morgan fingerprint density at radius 2 is 1.88 bits per heavy atom. The van der Waals surface area contributed by atoms with Gasteiger partial charge in [0.1, 0.15) is 0 Å². The maximum Gasteiger partial charge on any atom is 0.295 e. The van der Waals surface area contributed by atoms with Gasteiger partial charge in [-0.1, -0.05) is 36.4 Å². The lowest BCUT2D eigenvalue weighted by Crippen LogP contribution is -2.39. The van der Waals surface area contributed by atoms with Gasteiger partial charge in [0, 0.05) is 25.1 Å². The fraction of sp³-hybridized carbons (Fsp3) is 0.333. The average molecular weight is 337 g/mol. The molecule has 3 aromatic rings. The van der Waals surface area contributed by atoms with E-state index in [4.69, 9.17) is 0 Å². The van der Waals surface area contributed by atoms with Crippen molar-refractivity contribution >= 4 is 16.7 Å². The number of rotatable bonds is 3. The van der Waals surface area contributed by atoms with Crippen LogP contribution < -0.4 is 0 Å². The molecule has 0 unspecified atom stereocenters. The Kier molecular flexibility index (Phi) is 4.15. The highest BCUT2D eigenvalue weighted by atomic mass is 16.3. The van der Waals surface area contributed by atoms with Crippen LogP contribution in [0.1, 0.15) is 23.5 Å². The maximum atomic E-state index is 12.6. The zero-order valence-corrected chi connectivity index (χ0v) is 13.7. The van der Waals surface area contributed by atoms with E-state index < -0.39 is 0 Å². The number of aliphatic hydroxyl groups is 1. The molecule has 1 aromatic heterocycles. The Morgan fingerprint density at radius 1 is 1.12 bits per heavy atom. The van der Waals surface area contributed by atoms with E-state index in [1.165, 1.54) is 4.80 Å². The minimum absolute atomic E-state index is 0.107. The van der Waals surface area contributed by atoms with E-state index in [2.05, 4.69) is 15.4 Å². The molecule has 0 spiro atoms. The fourth-order valence-corrected chi connectivity index (χ4v) is 3.24. The van der Waals surface area contributed by atoms with E-state index in [0.29, 0.717) is 13.1 Å².